The summed E-state index contributed by atoms with van der Waals surface area (Å²) in [5, 5.41) is 14.0. The van der Waals surface area contributed by atoms with E-state index in [9.17, 15) is 14.4 Å². The van der Waals surface area contributed by atoms with Gasteiger partial charge in [-0.3, -0.25) is 19.4 Å². The highest BCUT2D eigenvalue weighted by atomic mass is 35.5. The number of carbonyl (C=O) groups excluding carboxylic acids is 2. The van der Waals surface area contributed by atoms with Crippen molar-refractivity contribution < 1.29 is 9.59 Å². The van der Waals surface area contributed by atoms with Crippen molar-refractivity contribution in [2.75, 3.05) is 10.6 Å². The first-order valence-electron chi connectivity index (χ1n) is 10.3. The molecule has 0 fully saturated rings. The molecule has 0 unspecified atom stereocenters. The smallest absolute Gasteiger partial charge is 0.278 e. The van der Waals surface area contributed by atoms with Crippen molar-refractivity contribution in [3.8, 4) is 11.3 Å². The molecular weight excluding hydrogens is 462 g/mol. The lowest BCUT2D eigenvalue weighted by molar-refractivity contribution is -0.116. The number of halogens is 1. The van der Waals surface area contributed by atoms with Crippen molar-refractivity contribution in [3.05, 3.63) is 62.9 Å². The summed E-state index contributed by atoms with van der Waals surface area (Å²) in [5.41, 5.74) is 2.87. The Morgan fingerprint density at radius 1 is 1.12 bits per heavy atom. The molecule has 1 aromatic heterocycles. The van der Waals surface area contributed by atoms with Crippen LogP contribution in [0.1, 0.15) is 31.4 Å². The monoisotopic (exact) mass is 485 g/mol. The van der Waals surface area contributed by atoms with E-state index < -0.39 is 10.8 Å². The third-order valence-electron chi connectivity index (χ3n) is 4.88. The van der Waals surface area contributed by atoms with Gasteiger partial charge in [-0.1, -0.05) is 48.0 Å². The van der Waals surface area contributed by atoms with Crippen molar-refractivity contribution in [1.82, 2.24) is 15.2 Å². The van der Waals surface area contributed by atoms with E-state index in [0.29, 0.717) is 28.4 Å². The number of amides is 2. The van der Waals surface area contributed by atoms with E-state index in [1.54, 1.807) is 44.2 Å². The average molecular weight is 486 g/mol. The number of nitrogens with zero attached hydrogens (tertiary/aromatic N) is 2. The number of hydrogen-bond donors (Lipinski definition) is 3. The van der Waals surface area contributed by atoms with Crippen LogP contribution in [0.15, 0.2) is 46.3 Å². The second-order valence-electron chi connectivity index (χ2n) is 7.42. The molecule has 10 heteroatoms. The maximum atomic E-state index is 12.8. The van der Waals surface area contributed by atoms with Crippen LogP contribution in [-0.4, -0.2) is 32.2 Å². The molecule has 0 aliphatic heterocycles. The number of thioether (sulfide) groups is 1. The van der Waals surface area contributed by atoms with Gasteiger partial charge in [0, 0.05) is 22.7 Å². The number of H-pyrrole nitrogens is 1. The van der Waals surface area contributed by atoms with Crippen LogP contribution in [0.25, 0.3) is 11.3 Å². The molecule has 2 aromatic carbocycles. The number of rotatable bonds is 7. The van der Waals surface area contributed by atoms with Crippen LogP contribution in [0.4, 0.5) is 11.4 Å². The van der Waals surface area contributed by atoms with Gasteiger partial charge in [-0.15, -0.1) is 10.2 Å². The number of carbonyl (C=O) groups is 2. The highest BCUT2D eigenvalue weighted by Crippen LogP contribution is 2.27. The Hall–Kier alpha value is -3.17. The van der Waals surface area contributed by atoms with Crippen LogP contribution in [-0.2, 0) is 9.59 Å². The van der Waals surface area contributed by atoms with Gasteiger partial charge >= 0.3 is 0 Å². The van der Waals surface area contributed by atoms with Crippen LogP contribution in [0.2, 0.25) is 5.02 Å². The summed E-state index contributed by atoms with van der Waals surface area (Å²) in [6, 6.07) is 10.6. The number of nitrogens with one attached hydrogen (secondary N) is 3. The topological polar surface area (TPSA) is 117 Å². The van der Waals surface area contributed by atoms with E-state index in [2.05, 4.69) is 25.8 Å². The van der Waals surface area contributed by atoms with Gasteiger partial charge in [0.1, 0.15) is 0 Å². The van der Waals surface area contributed by atoms with Gasteiger partial charge in [0.2, 0.25) is 11.8 Å². The molecular formula is C23H24ClN5O3S. The van der Waals surface area contributed by atoms with Gasteiger partial charge in [-0.2, -0.15) is 0 Å². The molecule has 0 spiro atoms. The van der Waals surface area contributed by atoms with Crippen molar-refractivity contribution in [1.29, 1.82) is 0 Å². The molecule has 1 atom stereocenters. The van der Waals surface area contributed by atoms with E-state index in [1.807, 2.05) is 19.9 Å². The fourth-order valence-electron chi connectivity index (χ4n) is 2.95. The fourth-order valence-corrected chi connectivity index (χ4v) is 3.87. The number of aromatic nitrogens is 3. The number of anilines is 2. The lowest BCUT2D eigenvalue weighted by Gasteiger charge is -2.14. The summed E-state index contributed by atoms with van der Waals surface area (Å²) in [6.07, 6.45) is 0.305. The van der Waals surface area contributed by atoms with E-state index >= 15 is 0 Å². The molecule has 0 saturated carbocycles. The first-order valence-corrected chi connectivity index (χ1v) is 11.6. The third kappa shape index (κ3) is 6.00. The molecule has 3 rings (SSSR count). The van der Waals surface area contributed by atoms with Crippen LogP contribution in [0, 0.1) is 13.8 Å². The van der Waals surface area contributed by atoms with Crippen molar-refractivity contribution in [3.63, 3.8) is 0 Å². The van der Waals surface area contributed by atoms with Crippen molar-refractivity contribution in [2.45, 2.75) is 44.5 Å². The predicted octanol–water partition coefficient (Wildman–Crippen LogP) is 4.57. The molecule has 33 heavy (non-hydrogen) atoms. The van der Waals surface area contributed by atoms with Gasteiger partial charge in [0.15, 0.2) is 10.9 Å². The second kappa shape index (κ2) is 10.6. The second-order valence-corrected chi connectivity index (χ2v) is 9.16. The van der Waals surface area contributed by atoms with E-state index in [4.69, 9.17) is 11.6 Å². The highest BCUT2D eigenvalue weighted by molar-refractivity contribution is 8.00. The van der Waals surface area contributed by atoms with Gasteiger partial charge in [-0.05, 0) is 50.6 Å². The minimum absolute atomic E-state index is 0.0844. The van der Waals surface area contributed by atoms with Gasteiger partial charge < -0.3 is 10.6 Å². The van der Waals surface area contributed by atoms with E-state index in [-0.39, 0.29) is 22.7 Å². The number of hydrogen-bond acceptors (Lipinski definition) is 6. The first kappa shape index (κ1) is 24.5. The molecule has 0 aliphatic carbocycles. The Kier molecular flexibility index (Phi) is 7.88. The maximum absolute atomic E-state index is 12.8. The highest BCUT2D eigenvalue weighted by Gasteiger charge is 2.19. The lowest BCUT2D eigenvalue weighted by Crippen LogP contribution is -2.24. The Balaban J connectivity index is 1.79. The zero-order valence-electron chi connectivity index (χ0n) is 18.7. The largest absolute Gasteiger partial charge is 0.325 e. The maximum Gasteiger partial charge on any atom is 0.278 e. The molecule has 1 heterocycles. The van der Waals surface area contributed by atoms with E-state index in [1.165, 1.54) is 0 Å². The zero-order chi connectivity index (χ0) is 24.1. The van der Waals surface area contributed by atoms with Gasteiger partial charge in [0.05, 0.1) is 10.9 Å². The Morgan fingerprint density at radius 2 is 1.88 bits per heavy atom. The molecule has 8 nitrogen and oxygen atoms in total. The minimum Gasteiger partial charge on any atom is -0.325 e. The summed E-state index contributed by atoms with van der Waals surface area (Å²) in [5.74, 6) is -0.438. The lowest BCUT2D eigenvalue weighted by atomic mass is 10.1. The summed E-state index contributed by atoms with van der Waals surface area (Å²) in [6.45, 7) is 7.14. The molecule has 2 amide bonds. The van der Waals surface area contributed by atoms with Gasteiger partial charge in [0.25, 0.3) is 5.56 Å². The normalized spacial score (nSPS) is 11.7. The predicted molar refractivity (Wildman–Crippen MR) is 132 cm³/mol. The number of aromatic amines is 1. The summed E-state index contributed by atoms with van der Waals surface area (Å²) in [7, 11) is 0. The SMILES string of the molecule is CCC(=O)Nc1ccc(C)cc1-c1nnc(S[C@H](C)C(=O)Nc2cccc(Cl)c2C)[nH]c1=O. The summed E-state index contributed by atoms with van der Waals surface area (Å²) < 4.78 is 0. The minimum atomic E-state index is -0.558. The van der Waals surface area contributed by atoms with Crippen LogP contribution < -0.4 is 16.2 Å². The van der Waals surface area contributed by atoms with Crippen LogP contribution in [0.5, 0.6) is 0 Å². The number of aryl methyl sites for hydroxylation is 1. The molecule has 0 saturated heterocycles. The van der Waals surface area contributed by atoms with Gasteiger partial charge in [-0.25, -0.2) is 0 Å². The third-order valence-corrected chi connectivity index (χ3v) is 6.27. The van der Waals surface area contributed by atoms with Crippen LogP contribution >= 0.6 is 23.4 Å². The molecule has 172 valence electrons. The molecule has 0 bridgehead atoms. The Labute approximate surface area is 200 Å². The Bertz CT molecular complexity index is 1260. The van der Waals surface area contributed by atoms with Crippen molar-refractivity contribution in [2.24, 2.45) is 0 Å². The van der Waals surface area contributed by atoms with E-state index in [0.717, 1.165) is 22.9 Å². The molecule has 3 aromatic rings. The average Bonchev–Trinajstić information content (AvgIpc) is 2.78. The van der Waals surface area contributed by atoms with Crippen LogP contribution in [0.3, 0.4) is 0 Å². The molecule has 3 N–H and O–H groups in total. The zero-order valence-corrected chi connectivity index (χ0v) is 20.2. The standard InChI is InChI=1S/C23H24ClN5O3S/c1-5-19(30)25-18-10-9-12(2)11-15(18)20-22(32)27-23(29-28-20)33-14(4)21(31)26-17-8-6-7-16(24)13(17)3/h6-11,14H,5H2,1-4H3,(H,25,30)(H,26,31)(H,27,29,32)/t14-/m1/s1. The quantitative estimate of drug-likeness (QED) is 0.422. The van der Waals surface area contributed by atoms with Crippen molar-refractivity contribution >= 4 is 46.6 Å². The molecule has 0 aliphatic rings. The number of benzene rings is 2. The summed E-state index contributed by atoms with van der Waals surface area (Å²) >= 11 is 7.19. The first-order chi connectivity index (χ1) is 15.7. The fraction of sp³-hybridized carbons (Fsp3) is 0.261. The summed E-state index contributed by atoms with van der Waals surface area (Å²) in [4.78, 5) is 39.9. The Morgan fingerprint density at radius 3 is 2.58 bits per heavy atom. The molecule has 0 radical (unpaired) electrons.